The van der Waals surface area contributed by atoms with Crippen LogP contribution in [0.5, 0.6) is 0 Å². The first kappa shape index (κ1) is 10.5. The molecule has 0 unspecified atom stereocenters. The molecule has 0 saturated heterocycles. The Hall–Kier alpha value is -2.41. The summed E-state index contributed by atoms with van der Waals surface area (Å²) in [6.45, 7) is 0. The Bertz CT molecular complexity index is 922. The van der Waals surface area contributed by atoms with Gasteiger partial charge < -0.3 is 0 Å². The predicted molar refractivity (Wildman–Crippen MR) is 78.9 cm³/mol. The van der Waals surface area contributed by atoms with Crippen LogP contribution in [0.15, 0.2) is 66.7 Å². The van der Waals surface area contributed by atoms with Gasteiger partial charge in [-0.15, -0.1) is 0 Å². The van der Waals surface area contributed by atoms with Crippen LogP contribution in [-0.4, -0.2) is 0 Å². The minimum absolute atomic E-state index is 0.154. The zero-order chi connectivity index (χ0) is 12.8. The molecule has 0 saturated carbocycles. The van der Waals surface area contributed by atoms with Crippen molar-refractivity contribution in [1.29, 1.82) is 0 Å². The predicted octanol–water partition coefficient (Wildman–Crippen LogP) is 5.29. The second kappa shape index (κ2) is 3.79. The quantitative estimate of drug-likeness (QED) is 0.292. The van der Waals surface area contributed by atoms with E-state index < -0.39 is 0 Å². The van der Waals surface area contributed by atoms with Crippen molar-refractivity contribution in [2.24, 2.45) is 0 Å². The second-order valence-corrected chi connectivity index (χ2v) is 4.82. The summed E-state index contributed by atoms with van der Waals surface area (Å²) in [5.74, 6) is -0.154. The average molecular weight is 246 g/mol. The van der Waals surface area contributed by atoms with Crippen molar-refractivity contribution in [2.45, 2.75) is 0 Å². The summed E-state index contributed by atoms with van der Waals surface area (Å²) in [7, 11) is 0. The molecule has 0 nitrogen and oxygen atoms in total. The zero-order valence-corrected chi connectivity index (χ0v) is 10.2. The van der Waals surface area contributed by atoms with Gasteiger partial charge in [0.2, 0.25) is 0 Å². The van der Waals surface area contributed by atoms with Crippen LogP contribution in [-0.2, 0) is 0 Å². The van der Waals surface area contributed by atoms with Crippen molar-refractivity contribution in [3.63, 3.8) is 0 Å². The molecule has 90 valence electrons. The lowest BCUT2D eigenvalue weighted by molar-refractivity contribution is 0.641. The summed E-state index contributed by atoms with van der Waals surface area (Å²) >= 11 is 0. The Morgan fingerprint density at radius 2 is 1.16 bits per heavy atom. The number of hydrogen-bond acceptors (Lipinski definition) is 0. The molecular weight excluding hydrogens is 235 g/mol. The summed E-state index contributed by atoms with van der Waals surface area (Å²) in [4.78, 5) is 0. The molecule has 0 spiro atoms. The van der Waals surface area contributed by atoms with Crippen LogP contribution >= 0.6 is 0 Å². The van der Waals surface area contributed by atoms with E-state index in [0.29, 0.717) is 5.39 Å². The maximum absolute atomic E-state index is 14.1. The fourth-order valence-corrected chi connectivity index (χ4v) is 2.75. The summed E-state index contributed by atoms with van der Waals surface area (Å²) in [5, 5.41) is 6.05. The van der Waals surface area contributed by atoms with Crippen molar-refractivity contribution < 1.29 is 4.39 Å². The summed E-state index contributed by atoms with van der Waals surface area (Å²) < 4.78 is 14.1. The molecule has 0 N–H and O–H groups in total. The van der Waals surface area contributed by atoms with Gasteiger partial charge in [0.25, 0.3) is 0 Å². The second-order valence-electron chi connectivity index (χ2n) is 4.82. The lowest BCUT2D eigenvalue weighted by atomic mass is 9.98. The average Bonchev–Trinajstić information content (AvgIpc) is 2.46. The fourth-order valence-electron chi connectivity index (χ4n) is 2.75. The lowest BCUT2D eigenvalue weighted by Crippen LogP contribution is -1.83. The number of fused-ring (bicyclic) bond motifs is 4. The Morgan fingerprint density at radius 3 is 1.95 bits per heavy atom. The van der Waals surface area contributed by atoms with Crippen LogP contribution in [0.25, 0.3) is 32.3 Å². The van der Waals surface area contributed by atoms with Crippen LogP contribution in [0, 0.1) is 5.82 Å². The van der Waals surface area contributed by atoms with E-state index in [1.54, 1.807) is 6.07 Å². The van der Waals surface area contributed by atoms with Crippen molar-refractivity contribution >= 4 is 32.3 Å². The van der Waals surface area contributed by atoms with Gasteiger partial charge in [-0.25, -0.2) is 4.39 Å². The van der Waals surface area contributed by atoms with Gasteiger partial charge in [-0.05, 0) is 45.1 Å². The zero-order valence-electron chi connectivity index (χ0n) is 10.2. The smallest absolute Gasteiger partial charge is 0.131 e. The molecule has 0 aliphatic rings. The Labute approximate surface area is 110 Å². The van der Waals surface area contributed by atoms with E-state index in [4.69, 9.17) is 0 Å². The van der Waals surface area contributed by atoms with E-state index >= 15 is 0 Å². The maximum atomic E-state index is 14.1. The summed E-state index contributed by atoms with van der Waals surface area (Å²) in [5.41, 5.74) is 0. The van der Waals surface area contributed by atoms with E-state index in [-0.39, 0.29) is 5.82 Å². The normalized spacial score (nSPS) is 11.4. The molecule has 0 aliphatic carbocycles. The number of halogens is 1. The monoisotopic (exact) mass is 246 g/mol. The third-order valence-corrected chi connectivity index (χ3v) is 3.67. The largest absolute Gasteiger partial charge is 0.206 e. The first-order valence-electron chi connectivity index (χ1n) is 6.33. The van der Waals surface area contributed by atoms with Crippen LogP contribution in [0.3, 0.4) is 0 Å². The van der Waals surface area contributed by atoms with Crippen molar-refractivity contribution in [1.82, 2.24) is 0 Å². The Morgan fingerprint density at radius 1 is 0.526 bits per heavy atom. The van der Waals surface area contributed by atoms with E-state index in [1.807, 2.05) is 36.4 Å². The molecule has 1 heteroatoms. The van der Waals surface area contributed by atoms with Crippen molar-refractivity contribution in [3.05, 3.63) is 72.5 Å². The van der Waals surface area contributed by atoms with Gasteiger partial charge >= 0.3 is 0 Å². The van der Waals surface area contributed by atoms with E-state index in [1.165, 1.54) is 5.39 Å². The Kier molecular flexibility index (Phi) is 2.10. The van der Waals surface area contributed by atoms with Gasteiger partial charge in [-0.2, -0.15) is 0 Å². The van der Waals surface area contributed by atoms with Crippen LogP contribution < -0.4 is 0 Å². The highest BCUT2D eigenvalue weighted by Crippen LogP contribution is 2.31. The first-order chi connectivity index (χ1) is 9.33. The summed E-state index contributed by atoms with van der Waals surface area (Å²) in [6, 6.07) is 21.7. The number of benzene rings is 4. The molecule has 0 radical (unpaired) electrons. The maximum Gasteiger partial charge on any atom is 0.131 e. The lowest BCUT2D eigenvalue weighted by Gasteiger charge is -2.07. The van der Waals surface area contributed by atoms with Gasteiger partial charge in [-0.3, -0.25) is 0 Å². The van der Waals surface area contributed by atoms with Crippen LogP contribution in [0.4, 0.5) is 4.39 Å². The standard InChI is InChI=1S/C18H11F/c19-18-11-14-9-12-5-1-2-6-13(12)10-17(14)15-7-3-4-8-16(15)18/h1-11H. The fraction of sp³-hybridized carbons (Fsp3) is 0. The molecule has 0 aliphatic heterocycles. The van der Waals surface area contributed by atoms with E-state index in [9.17, 15) is 4.39 Å². The van der Waals surface area contributed by atoms with Gasteiger partial charge in [0.05, 0.1) is 0 Å². The molecule has 0 heterocycles. The van der Waals surface area contributed by atoms with Crippen molar-refractivity contribution in [2.75, 3.05) is 0 Å². The van der Waals surface area contributed by atoms with Crippen LogP contribution in [0.1, 0.15) is 0 Å². The molecule has 0 aromatic heterocycles. The van der Waals surface area contributed by atoms with Crippen molar-refractivity contribution in [3.8, 4) is 0 Å². The molecule has 0 bridgehead atoms. The molecular formula is C18H11F. The highest BCUT2D eigenvalue weighted by molar-refractivity contribution is 6.12. The van der Waals surface area contributed by atoms with Gasteiger partial charge in [0.1, 0.15) is 5.82 Å². The minimum atomic E-state index is -0.154. The molecule has 0 amide bonds. The van der Waals surface area contributed by atoms with Gasteiger partial charge in [-0.1, -0.05) is 48.5 Å². The highest BCUT2D eigenvalue weighted by Gasteiger charge is 2.06. The number of hydrogen-bond donors (Lipinski definition) is 0. The van der Waals surface area contributed by atoms with E-state index in [0.717, 1.165) is 21.5 Å². The molecule has 4 aromatic rings. The van der Waals surface area contributed by atoms with E-state index in [2.05, 4.69) is 24.3 Å². The third-order valence-electron chi connectivity index (χ3n) is 3.67. The summed E-state index contributed by atoms with van der Waals surface area (Å²) in [6.07, 6.45) is 0. The topological polar surface area (TPSA) is 0 Å². The van der Waals surface area contributed by atoms with Crippen LogP contribution in [0.2, 0.25) is 0 Å². The minimum Gasteiger partial charge on any atom is -0.206 e. The molecule has 19 heavy (non-hydrogen) atoms. The van der Waals surface area contributed by atoms with Gasteiger partial charge in [0.15, 0.2) is 0 Å². The number of rotatable bonds is 0. The first-order valence-corrected chi connectivity index (χ1v) is 6.33. The molecule has 0 fully saturated rings. The Balaban J connectivity index is 2.29. The highest BCUT2D eigenvalue weighted by atomic mass is 19.1. The third kappa shape index (κ3) is 1.52. The van der Waals surface area contributed by atoms with Gasteiger partial charge in [0, 0.05) is 5.39 Å². The molecule has 0 atom stereocenters. The molecule has 4 rings (SSSR count). The SMILES string of the molecule is Fc1cc2cc3ccccc3cc2c2ccccc12. The molecule has 4 aromatic carbocycles.